The summed E-state index contributed by atoms with van der Waals surface area (Å²) in [5.74, 6) is 0. The summed E-state index contributed by atoms with van der Waals surface area (Å²) in [6, 6.07) is 89.1. The van der Waals surface area contributed by atoms with E-state index in [-0.39, 0.29) is 36.7 Å². The first-order valence-electron chi connectivity index (χ1n) is 24.9. The Hall–Kier alpha value is -6.97. The first kappa shape index (κ1) is 48.6. The van der Waals surface area contributed by atoms with E-state index in [4.69, 9.17) is 0 Å². The quantitative estimate of drug-likeness (QED) is 0.122. The molecule has 0 fully saturated rings. The molecular weight excluding hydrogens is 1050 g/mol. The first-order valence-corrected chi connectivity index (χ1v) is 25.9. The van der Waals surface area contributed by atoms with Gasteiger partial charge in [-0.2, -0.15) is 41.6 Å². The van der Waals surface area contributed by atoms with Crippen molar-refractivity contribution in [3.63, 3.8) is 0 Å². The van der Waals surface area contributed by atoms with E-state index in [9.17, 15) is 0 Å². The minimum absolute atomic E-state index is 0. The topological polar surface area (TPSA) is 0 Å². The fourth-order valence-electron chi connectivity index (χ4n) is 10.4. The molecule has 1 aliphatic rings. The van der Waals surface area contributed by atoms with Crippen LogP contribution in [0, 0.1) is 6.07 Å². The fourth-order valence-corrected chi connectivity index (χ4v) is 11.7. The maximum atomic E-state index is 3.31. The van der Waals surface area contributed by atoms with E-state index in [1.54, 1.807) is 0 Å². The molecule has 1 heterocycles. The van der Waals surface area contributed by atoms with E-state index in [1.807, 2.05) is 6.07 Å². The van der Waals surface area contributed by atoms with Crippen LogP contribution in [0.1, 0.15) is 52.7 Å². The van der Waals surface area contributed by atoms with Gasteiger partial charge in [0, 0.05) is 25.8 Å². The summed E-state index contributed by atoms with van der Waals surface area (Å²) < 4.78 is 0. The van der Waals surface area contributed by atoms with Crippen LogP contribution in [-0.4, -0.2) is 9.52 Å². The second kappa shape index (κ2) is 20.3. The summed E-state index contributed by atoms with van der Waals surface area (Å²) in [6.07, 6.45) is 0. The second-order valence-electron chi connectivity index (χ2n) is 20.9. The van der Waals surface area contributed by atoms with Gasteiger partial charge in [-0.1, -0.05) is 233 Å². The monoisotopic (exact) mass is 1110 g/mol. The molecule has 0 aromatic heterocycles. The molecule has 72 heavy (non-hydrogen) atoms. The first-order chi connectivity index (χ1) is 34.5. The number of fused-ring (bicyclic) bond motifs is 7. The third-order valence-corrected chi connectivity index (χ3v) is 15.5. The molecule has 0 saturated carbocycles. The van der Waals surface area contributed by atoms with Crippen LogP contribution in [0.4, 0.5) is 0 Å². The summed E-state index contributed by atoms with van der Waals surface area (Å²) in [7, 11) is 0.795. The van der Waals surface area contributed by atoms with Crippen LogP contribution in [0.2, 0.25) is 0 Å². The summed E-state index contributed by atoms with van der Waals surface area (Å²) >= 11 is 0. The molecule has 0 nitrogen and oxygen atoms in total. The number of benzene rings is 10. The molecule has 0 saturated heterocycles. The van der Waals surface area contributed by atoms with Gasteiger partial charge in [0.2, 0.25) is 0 Å². The molecule has 2 heteroatoms. The molecule has 0 aliphatic carbocycles. The van der Waals surface area contributed by atoms with Crippen molar-refractivity contribution < 1.29 is 25.8 Å². The van der Waals surface area contributed by atoms with Gasteiger partial charge in [0.25, 0.3) is 0 Å². The zero-order chi connectivity index (χ0) is 48.7. The molecule has 1 aliphatic heterocycles. The van der Waals surface area contributed by atoms with Crippen molar-refractivity contribution in [2.75, 3.05) is 0 Å². The molecule has 0 unspecified atom stereocenters. The van der Waals surface area contributed by atoms with Gasteiger partial charge in [0.15, 0.2) is 0 Å². The maximum Gasteiger partial charge on any atom is 0.0920 e. The van der Waals surface area contributed by atoms with E-state index in [1.165, 1.54) is 120 Å². The van der Waals surface area contributed by atoms with Gasteiger partial charge in [-0.15, -0.1) is 74.6 Å². The van der Waals surface area contributed by atoms with Crippen LogP contribution < -0.4 is 10.4 Å². The van der Waals surface area contributed by atoms with Gasteiger partial charge in [-0.25, -0.2) is 0 Å². The molecule has 0 atom stereocenters. The minimum Gasteiger partial charge on any atom is -0.184 e. The van der Waals surface area contributed by atoms with Gasteiger partial charge in [0.1, 0.15) is 0 Å². The van der Waals surface area contributed by atoms with E-state index in [0.717, 1.165) is 9.52 Å². The molecule has 0 N–H and O–H groups in total. The van der Waals surface area contributed by atoms with Crippen LogP contribution in [0.25, 0.3) is 98.7 Å². The number of rotatable bonds is 4. The normalized spacial score (nSPS) is 11.9. The fraction of sp³-hybridized carbons (Fsp3) is 0.114. The predicted octanol–water partition coefficient (Wildman–Crippen LogP) is 17.8. The molecule has 0 amide bonds. The van der Waals surface area contributed by atoms with E-state index in [2.05, 4.69) is 278 Å². The van der Waals surface area contributed by atoms with Crippen LogP contribution in [0.15, 0.2) is 237 Å². The molecule has 2 radical (unpaired) electrons. The van der Waals surface area contributed by atoms with Crippen molar-refractivity contribution in [1.29, 1.82) is 0 Å². The molecule has 13 rings (SSSR count). The van der Waals surface area contributed by atoms with Gasteiger partial charge in [0.05, 0.1) is 9.52 Å². The SMILES string of the molecule is CC(C)(C)c1cc2c(-c3ccccc3-c3cccc4ccccc34)cccc2[cH-]1.CC(C)(C)c1cc2c(-c3ccccc3-c3cccc4ccccc34)cccc2[cH-]1.[Hf].[c-]1cccc2c1[Si]c1ccccc1-2. The van der Waals surface area contributed by atoms with Gasteiger partial charge >= 0.3 is 0 Å². The van der Waals surface area contributed by atoms with Crippen molar-refractivity contribution >= 4 is 63.0 Å². The Morgan fingerprint density at radius 2 is 0.681 bits per heavy atom. The van der Waals surface area contributed by atoms with E-state index in [0.29, 0.717) is 0 Å². The zero-order valence-corrected chi connectivity index (χ0v) is 46.6. The number of hydrogen-bond donors (Lipinski definition) is 0. The summed E-state index contributed by atoms with van der Waals surface area (Å²) in [5.41, 5.74) is 16.2. The largest absolute Gasteiger partial charge is 0.184 e. The predicted molar refractivity (Wildman–Crippen MR) is 309 cm³/mol. The Balaban J connectivity index is 0.000000132. The molecule has 12 aromatic carbocycles. The third kappa shape index (κ3) is 9.59. The van der Waals surface area contributed by atoms with Crippen LogP contribution >= 0.6 is 0 Å². The standard InChI is InChI=1S/2C29H25.C12H7Si.Hf/c2*1-29(2,3)22-18-21-12-9-17-27(28(21)19-22)26-15-7-6-14-25(26)24-16-8-11-20-10-4-5-13-23(20)24;1-3-7-11-9(5-1)10-6-2-4-8-12(10)13-11;/h2*4-19H,1-3H3;1-7H;/q3*-1;. The average Bonchev–Trinajstić information content (AvgIpc) is 4.15. The van der Waals surface area contributed by atoms with Crippen molar-refractivity contribution in [2.45, 2.75) is 52.4 Å². The van der Waals surface area contributed by atoms with Crippen LogP contribution in [0.3, 0.4) is 0 Å². The Morgan fingerprint density at radius 1 is 0.333 bits per heavy atom. The summed E-state index contributed by atoms with van der Waals surface area (Å²) in [4.78, 5) is 0. The summed E-state index contributed by atoms with van der Waals surface area (Å²) in [5, 5.41) is 13.3. The molecule has 0 spiro atoms. The van der Waals surface area contributed by atoms with Gasteiger partial charge in [-0.3, -0.25) is 0 Å². The average molecular weight is 1100 g/mol. The van der Waals surface area contributed by atoms with Crippen molar-refractivity contribution in [3.8, 4) is 55.6 Å². The third-order valence-electron chi connectivity index (χ3n) is 14.2. The van der Waals surface area contributed by atoms with Gasteiger partial charge in [-0.05, 0) is 65.8 Å². The second-order valence-corrected chi connectivity index (χ2v) is 22.2. The van der Waals surface area contributed by atoms with E-state index >= 15 is 0 Å². The van der Waals surface area contributed by atoms with Crippen molar-refractivity contribution in [2.24, 2.45) is 0 Å². The van der Waals surface area contributed by atoms with Crippen LogP contribution in [0.5, 0.6) is 0 Å². The smallest absolute Gasteiger partial charge is 0.0920 e. The molecular formula is C70H57HfSi-3. The number of hydrogen-bond acceptors (Lipinski definition) is 0. The molecule has 12 aromatic rings. The Bertz CT molecular complexity index is 3620. The van der Waals surface area contributed by atoms with Gasteiger partial charge < -0.3 is 0 Å². The maximum absolute atomic E-state index is 3.31. The summed E-state index contributed by atoms with van der Waals surface area (Å²) in [6.45, 7) is 13.7. The van der Waals surface area contributed by atoms with Crippen LogP contribution in [-0.2, 0) is 36.7 Å². The Kier molecular flexibility index (Phi) is 13.7. The minimum atomic E-state index is 0. The zero-order valence-electron chi connectivity index (χ0n) is 42.0. The van der Waals surface area contributed by atoms with E-state index < -0.39 is 0 Å². The molecule has 0 bridgehead atoms. The Morgan fingerprint density at radius 3 is 1.14 bits per heavy atom. The molecule has 348 valence electrons. The Labute approximate surface area is 447 Å². The van der Waals surface area contributed by atoms with Crippen molar-refractivity contribution in [1.82, 2.24) is 0 Å². The van der Waals surface area contributed by atoms with Crippen molar-refractivity contribution in [3.05, 3.63) is 254 Å².